The summed E-state index contributed by atoms with van der Waals surface area (Å²) in [5, 5.41) is 7.48. The van der Waals surface area contributed by atoms with Crippen molar-refractivity contribution in [1.29, 1.82) is 0 Å². The van der Waals surface area contributed by atoms with Gasteiger partial charge in [0.1, 0.15) is 16.8 Å². The highest BCUT2D eigenvalue weighted by molar-refractivity contribution is 7.13. The number of hydrogen-bond donors (Lipinski definition) is 2. The zero-order valence-corrected chi connectivity index (χ0v) is 17.8. The molecule has 3 rings (SSSR count). The molecule has 0 spiro atoms. The molecule has 0 saturated carbocycles. The maximum Gasteiger partial charge on any atom is 0.246 e. The first kappa shape index (κ1) is 22.4. The summed E-state index contributed by atoms with van der Waals surface area (Å²) in [5.74, 6) is -2.38. The monoisotopic (exact) mass is 445 g/mol. The highest BCUT2D eigenvalue weighted by Gasteiger charge is 2.23. The Morgan fingerprint density at radius 1 is 1.13 bits per heavy atom. The van der Waals surface area contributed by atoms with Gasteiger partial charge >= 0.3 is 0 Å². The van der Waals surface area contributed by atoms with Crippen molar-refractivity contribution in [3.05, 3.63) is 70.7 Å². The van der Waals surface area contributed by atoms with Crippen molar-refractivity contribution < 1.29 is 23.1 Å². The van der Waals surface area contributed by atoms with Gasteiger partial charge in [-0.25, -0.2) is 13.8 Å². The Morgan fingerprint density at radius 3 is 2.52 bits per heavy atom. The van der Waals surface area contributed by atoms with Crippen LogP contribution in [0.3, 0.4) is 0 Å². The van der Waals surface area contributed by atoms with Crippen LogP contribution in [-0.4, -0.2) is 30.5 Å². The fraction of sp³-hybridized carbons (Fsp3) is 0.227. The molecule has 162 valence electrons. The minimum Gasteiger partial charge on any atom is -0.494 e. The lowest BCUT2D eigenvalue weighted by molar-refractivity contribution is -0.128. The molecule has 31 heavy (non-hydrogen) atoms. The minimum absolute atomic E-state index is 0.0648. The Kier molecular flexibility index (Phi) is 7.30. The number of nitrogens with zero attached hydrogens (tertiary/aromatic N) is 1. The van der Waals surface area contributed by atoms with E-state index in [9.17, 15) is 18.4 Å². The number of benzene rings is 2. The van der Waals surface area contributed by atoms with Gasteiger partial charge in [0, 0.05) is 18.0 Å². The topological polar surface area (TPSA) is 80.3 Å². The van der Waals surface area contributed by atoms with Crippen LogP contribution in [0.1, 0.15) is 24.2 Å². The lowest BCUT2D eigenvalue weighted by atomic mass is 10.1. The molecule has 0 bridgehead atoms. The molecule has 0 saturated heterocycles. The van der Waals surface area contributed by atoms with Crippen LogP contribution in [0.4, 0.5) is 8.78 Å². The maximum atomic E-state index is 13.6. The van der Waals surface area contributed by atoms with E-state index in [0.29, 0.717) is 12.3 Å². The summed E-state index contributed by atoms with van der Waals surface area (Å²) in [4.78, 5) is 29.2. The van der Waals surface area contributed by atoms with E-state index in [-0.39, 0.29) is 12.0 Å². The molecule has 3 aromatic rings. The summed E-state index contributed by atoms with van der Waals surface area (Å²) in [6.45, 7) is 2.49. The Hall–Kier alpha value is -3.33. The standard InChI is InChI=1S/C22H21F2N3O3S/c1-3-30-16-7-4-13(5-8-16)22-26-15(12-31-22)11-19(28)27-20(21(29)25-2)14-6-9-17(23)18(24)10-14/h4-10,12,20H,3,11H2,1-2H3,(H,25,29)(H,27,28). The van der Waals surface area contributed by atoms with E-state index in [1.165, 1.54) is 24.5 Å². The molecule has 2 amide bonds. The third kappa shape index (κ3) is 5.64. The van der Waals surface area contributed by atoms with Crippen molar-refractivity contribution in [2.75, 3.05) is 13.7 Å². The Bertz CT molecular complexity index is 1070. The van der Waals surface area contributed by atoms with Crippen molar-refractivity contribution in [3.63, 3.8) is 0 Å². The molecule has 0 aliphatic carbocycles. The quantitative estimate of drug-likeness (QED) is 0.555. The number of carbonyl (C=O) groups is 2. The summed E-state index contributed by atoms with van der Waals surface area (Å²) in [5.41, 5.74) is 1.57. The molecule has 1 aromatic heterocycles. The van der Waals surface area contributed by atoms with Crippen molar-refractivity contribution in [3.8, 4) is 16.3 Å². The van der Waals surface area contributed by atoms with Gasteiger partial charge in [0.2, 0.25) is 11.8 Å². The average molecular weight is 445 g/mol. The second-order valence-corrected chi connectivity index (χ2v) is 7.42. The van der Waals surface area contributed by atoms with Gasteiger partial charge in [-0.05, 0) is 48.9 Å². The summed E-state index contributed by atoms with van der Waals surface area (Å²) in [6, 6.07) is 9.38. The van der Waals surface area contributed by atoms with Crippen LogP contribution in [0.15, 0.2) is 47.8 Å². The molecule has 0 radical (unpaired) electrons. The molecule has 2 N–H and O–H groups in total. The normalized spacial score (nSPS) is 11.6. The molecule has 0 aliphatic rings. The second-order valence-electron chi connectivity index (χ2n) is 6.57. The number of rotatable bonds is 8. The SMILES string of the molecule is CCOc1ccc(-c2nc(CC(=O)NC(C(=O)NC)c3ccc(F)c(F)c3)cs2)cc1. The number of amides is 2. The zero-order valence-electron chi connectivity index (χ0n) is 16.9. The molecule has 0 aliphatic heterocycles. The van der Waals surface area contributed by atoms with Gasteiger partial charge in [-0.1, -0.05) is 6.07 Å². The Balaban J connectivity index is 1.70. The molecule has 1 heterocycles. The van der Waals surface area contributed by atoms with Crippen LogP contribution in [0.25, 0.3) is 10.6 Å². The van der Waals surface area contributed by atoms with Gasteiger partial charge < -0.3 is 15.4 Å². The van der Waals surface area contributed by atoms with Gasteiger partial charge in [-0.3, -0.25) is 9.59 Å². The van der Waals surface area contributed by atoms with Gasteiger partial charge in [-0.2, -0.15) is 0 Å². The lowest BCUT2D eigenvalue weighted by Gasteiger charge is -2.17. The van der Waals surface area contributed by atoms with Gasteiger partial charge in [0.15, 0.2) is 11.6 Å². The first-order chi connectivity index (χ1) is 14.9. The third-order valence-electron chi connectivity index (χ3n) is 4.40. The van der Waals surface area contributed by atoms with Crippen molar-refractivity contribution in [2.45, 2.75) is 19.4 Å². The van der Waals surface area contributed by atoms with E-state index in [1.807, 2.05) is 31.2 Å². The van der Waals surface area contributed by atoms with E-state index in [2.05, 4.69) is 15.6 Å². The van der Waals surface area contributed by atoms with Crippen LogP contribution in [0.5, 0.6) is 5.75 Å². The lowest BCUT2D eigenvalue weighted by Crippen LogP contribution is -2.39. The maximum absolute atomic E-state index is 13.6. The van der Waals surface area contributed by atoms with E-state index < -0.39 is 29.5 Å². The van der Waals surface area contributed by atoms with Crippen molar-refractivity contribution >= 4 is 23.2 Å². The smallest absolute Gasteiger partial charge is 0.246 e. The van der Waals surface area contributed by atoms with Crippen LogP contribution in [0, 0.1) is 11.6 Å². The van der Waals surface area contributed by atoms with Crippen molar-refractivity contribution in [1.82, 2.24) is 15.6 Å². The number of aromatic nitrogens is 1. The number of hydrogen-bond acceptors (Lipinski definition) is 5. The number of nitrogens with one attached hydrogen (secondary N) is 2. The number of halogens is 2. The predicted molar refractivity (Wildman–Crippen MR) is 114 cm³/mol. The van der Waals surface area contributed by atoms with Crippen LogP contribution in [-0.2, 0) is 16.0 Å². The largest absolute Gasteiger partial charge is 0.494 e. The highest BCUT2D eigenvalue weighted by Crippen LogP contribution is 2.26. The highest BCUT2D eigenvalue weighted by atomic mass is 32.1. The van der Waals surface area contributed by atoms with Crippen LogP contribution < -0.4 is 15.4 Å². The number of thiazole rings is 1. The molecule has 1 atom stereocenters. The number of likely N-dealkylation sites (N-methyl/N-ethyl adjacent to an activating group) is 1. The van der Waals surface area contributed by atoms with Crippen LogP contribution in [0.2, 0.25) is 0 Å². The summed E-state index contributed by atoms with van der Waals surface area (Å²) >= 11 is 1.39. The van der Waals surface area contributed by atoms with E-state index in [0.717, 1.165) is 28.5 Å². The molecule has 1 unspecified atom stereocenters. The third-order valence-corrected chi connectivity index (χ3v) is 5.34. The van der Waals surface area contributed by atoms with E-state index >= 15 is 0 Å². The van der Waals surface area contributed by atoms with E-state index in [1.54, 1.807) is 5.38 Å². The summed E-state index contributed by atoms with van der Waals surface area (Å²) in [7, 11) is 1.39. The van der Waals surface area contributed by atoms with Gasteiger partial charge in [-0.15, -0.1) is 11.3 Å². The van der Waals surface area contributed by atoms with Crippen LogP contribution >= 0.6 is 11.3 Å². The molecular formula is C22H21F2N3O3S. The van der Waals surface area contributed by atoms with Gasteiger partial charge in [0.25, 0.3) is 0 Å². The number of carbonyl (C=O) groups excluding carboxylic acids is 2. The van der Waals surface area contributed by atoms with Crippen molar-refractivity contribution in [2.24, 2.45) is 0 Å². The summed E-state index contributed by atoms with van der Waals surface area (Å²) < 4.78 is 32.2. The Labute approximate surface area is 182 Å². The first-order valence-electron chi connectivity index (χ1n) is 9.54. The molecular weight excluding hydrogens is 424 g/mol. The zero-order chi connectivity index (χ0) is 22.4. The molecule has 2 aromatic carbocycles. The van der Waals surface area contributed by atoms with E-state index in [4.69, 9.17) is 4.74 Å². The average Bonchev–Trinajstić information content (AvgIpc) is 3.22. The Morgan fingerprint density at radius 2 is 1.87 bits per heavy atom. The predicted octanol–water partition coefficient (Wildman–Crippen LogP) is 3.63. The molecule has 6 nitrogen and oxygen atoms in total. The van der Waals surface area contributed by atoms with Gasteiger partial charge in [0.05, 0.1) is 18.7 Å². The minimum atomic E-state index is -1.16. The molecule has 0 fully saturated rings. The second kappa shape index (κ2) is 10.1. The first-order valence-corrected chi connectivity index (χ1v) is 10.4. The fourth-order valence-electron chi connectivity index (χ4n) is 2.89. The molecule has 9 heteroatoms. The number of ether oxygens (including phenoxy) is 1. The summed E-state index contributed by atoms with van der Waals surface area (Å²) in [6.07, 6.45) is -0.0648. The fourth-order valence-corrected chi connectivity index (χ4v) is 3.72.